The van der Waals surface area contributed by atoms with Crippen LogP contribution in [0.25, 0.3) is 0 Å². The fourth-order valence-electron chi connectivity index (χ4n) is 3.84. The molecule has 1 amide bonds. The number of carbonyl (C=O) groups excluding carboxylic acids is 1. The molecule has 2 aliphatic rings. The Labute approximate surface area is 171 Å². The molecule has 0 radical (unpaired) electrons. The van der Waals surface area contributed by atoms with E-state index in [0.717, 1.165) is 32.5 Å². The maximum absolute atomic E-state index is 12.8. The van der Waals surface area contributed by atoms with Gasteiger partial charge in [0.25, 0.3) is 5.91 Å². The van der Waals surface area contributed by atoms with Crippen LogP contribution in [-0.4, -0.2) is 45.5 Å². The van der Waals surface area contributed by atoms with Crippen molar-refractivity contribution in [2.45, 2.75) is 31.2 Å². The summed E-state index contributed by atoms with van der Waals surface area (Å²) in [6.45, 7) is 4.72. The van der Waals surface area contributed by atoms with E-state index in [2.05, 4.69) is 39.2 Å². The molecule has 0 aromatic heterocycles. The maximum Gasteiger partial charge on any atom is 0.262 e. The average molecular weight is 416 g/mol. The van der Waals surface area contributed by atoms with E-state index in [4.69, 9.17) is 4.74 Å². The minimum atomic E-state index is -3.65. The zero-order chi connectivity index (χ0) is 20.4. The van der Waals surface area contributed by atoms with E-state index in [0.29, 0.717) is 23.5 Å². The largest absolute Gasteiger partial charge is 0.482 e. The van der Waals surface area contributed by atoms with Crippen molar-refractivity contribution < 1.29 is 17.9 Å². The topological polar surface area (TPSA) is 87.7 Å². The smallest absolute Gasteiger partial charge is 0.262 e. The Morgan fingerprint density at radius 2 is 2.00 bits per heavy atom. The number of nitrogens with zero attached hydrogens (tertiary/aromatic N) is 1. The number of carbonyl (C=O) groups is 1. The highest BCUT2D eigenvalue weighted by Crippen LogP contribution is 2.32. The van der Waals surface area contributed by atoms with Crippen LogP contribution in [0.1, 0.15) is 23.1 Å². The molecular weight excluding hydrogens is 390 g/mol. The van der Waals surface area contributed by atoms with E-state index in [-0.39, 0.29) is 17.4 Å². The lowest BCUT2D eigenvalue weighted by Gasteiger charge is -2.28. The number of anilines is 1. The van der Waals surface area contributed by atoms with Crippen molar-refractivity contribution in [3.63, 3.8) is 0 Å². The van der Waals surface area contributed by atoms with Gasteiger partial charge >= 0.3 is 0 Å². The maximum atomic E-state index is 12.8. The summed E-state index contributed by atoms with van der Waals surface area (Å²) in [6, 6.07) is 11.6. The number of nitrogens with one attached hydrogen (secondary N) is 2. The number of sulfonamides is 1. The number of hydrogen-bond donors (Lipinski definition) is 2. The molecule has 154 valence electrons. The second-order valence-electron chi connectivity index (χ2n) is 7.50. The van der Waals surface area contributed by atoms with Gasteiger partial charge in [-0.1, -0.05) is 24.3 Å². The van der Waals surface area contributed by atoms with Crippen LogP contribution in [0, 0.1) is 6.92 Å². The van der Waals surface area contributed by atoms with Crippen LogP contribution >= 0.6 is 0 Å². The van der Waals surface area contributed by atoms with Crippen LogP contribution in [0.2, 0.25) is 0 Å². The van der Waals surface area contributed by atoms with Gasteiger partial charge in [0.1, 0.15) is 5.75 Å². The van der Waals surface area contributed by atoms with Gasteiger partial charge in [-0.15, -0.1) is 0 Å². The molecule has 2 N–H and O–H groups in total. The van der Waals surface area contributed by atoms with E-state index >= 15 is 0 Å². The second-order valence-corrected chi connectivity index (χ2v) is 9.23. The fraction of sp³-hybridized carbons (Fsp3) is 0.381. The number of ether oxygens (including phenoxy) is 1. The predicted octanol–water partition coefficient (Wildman–Crippen LogP) is 2.05. The highest BCUT2D eigenvalue weighted by Gasteiger charge is 2.23. The average Bonchev–Trinajstić information content (AvgIpc) is 2.70. The second kappa shape index (κ2) is 8.14. The molecule has 0 atom stereocenters. The van der Waals surface area contributed by atoms with Crippen molar-refractivity contribution in [2.75, 3.05) is 31.6 Å². The summed E-state index contributed by atoms with van der Waals surface area (Å²) in [6.07, 6.45) is 1.77. The van der Waals surface area contributed by atoms with Gasteiger partial charge in [-0.05, 0) is 49.1 Å². The minimum Gasteiger partial charge on any atom is -0.482 e. The van der Waals surface area contributed by atoms with Crippen molar-refractivity contribution in [1.82, 2.24) is 9.62 Å². The summed E-state index contributed by atoms with van der Waals surface area (Å²) >= 11 is 0. The molecule has 0 aliphatic carbocycles. The molecule has 4 rings (SSSR count). The number of amides is 1. The Balaban J connectivity index is 1.34. The van der Waals surface area contributed by atoms with E-state index in [1.165, 1.54) is 17.2 Å². The first-order chi connectivity index (χ1) is 13.9. The number of rotatable bonds is 6. The standard InChI is InChI=1S/C21H25N3O4S/c1-15-11-18-19(28-14-21(25)23-18)12-20(15)29(26,27)22-8-4-9-24-10-7-16-5-2-3-6-17(16)13-24/h2-3,5-6,11-12,22H,4,7-10,13-14H2,1H3,(H,23,25). The van der Waals surface area contributed by atoms with Crippen molar-refractivity contribution >= 4 is 21.6 Å². The molecular formula is C21H25N3O4S. The van der Waals surface area contributed by atoms with Crippen molar-refractivity contribution in [3.8, 4) is 5.75 Å². The quantitative estimate of drug-likeness (QED) is 0.705. The van der Waals surface area contributed by atoms with Crippen LogP contribution < -0.4 is 14.8 Å². The normalized spacial score (nSPS) is 16.5. The Kier molecular flexibility index (Phi) is 5.58. The summed E-state index contributed by atoms with van der Waals surface area (Å²) in [5.74, 6) is 0.133. The van der Waals surface area contributed by atoms with Crippen molar-refractivity contribution in [1.29, 1.82) is 0 Å². The number of aryl methyl sites for hydroxylation is 1. The summed E-state index contributed by atoms with van der Waals surface area (Å²) in [7, 11) is -3.65. The van der Waals surface area contributed by atoms with E-state index in [9.17, 15) is 13.2 Å². The van der Waals surface area contributed by atoms with E-state index < -0.39 is 10.0 Å². The molecule has 0 fully saturated rings. The summed E-state index contributed by atoms with van der Waals surface area (Å²) in [5, 5.41) is 2.69. The molecule has 2 aromatic carbocycles. The van der Waals surface area contributed by atoms with Crippen LogP contribution in [0.4, 0.5) is 5.69 Å². The van der Waals surface area contributed by atoms with Crippen molar-refractivity contribution in [3.05, 3.63) is 53.1 Å². The van der Waals surface area contributed by atoms with Gasteiger partial charge < -0.3 is 10.1 Å². The Morgan fingerprint density at radius 3 is 2.83 bits per heavy atom. The summed E-state index contributed by atoms with van der Waals surface area (Å²) in [4.78, 5) is 14.0. The first-order valence-electron chi connectivity index (χ1n) is 9.78. The molecule has 2 aromatic rings. The fourth-order valence-corrected chi connectivity index (χ4v) is 5.15. The molecule has 29 heavy (non-hydrogen) atoms. The van der Waals surface area contributed by atoms with Gasteiger partial charge in [0.15, 0.2) is 6.61 Å². The molecule has 2 heterocycles. The number of benzene rings is 2. The lowest BCUT2D eigenvalue weighted by atomic mass is 10.00. The zero-order valence-corrected chi connectivity index (χ0v) is 17.2. The van der Waals surface area contributed by atoms with Gasteiger partial charge in [0, 0.05) is 25.7 Å². The minimum absolute atomic E-state index is 0.109. The van der Waals surface area contributed by atoms with Gasteiger partial charge in [0.05, 0.1) is 10.6 Å². The Morgan fingerprint density at radius 1 is 1.21 bits per heavy atom. The highest BCUT2D eigenvalue weighted by atomic mass is 32.2. The number of hydrogen-bond acceptors (Lipinski definition) is 5. The van der Waals surface area contributed by atoms with E-state index in [1.807, 2.05) is 0 Å². The third-order valence-corrected chi connectivity index (χ3v) is 6.96. The van der Waals surface area contributed by atoms with E-state index in [1.54, 1.807) is 13.0 Å². The summed E-state index contributed by atoms with van der Waals surface area (Å²) in [5.41, 5.74) is 3.83. The van der Waals surface area contributed by atoms with Crippen LogP contribution in [0.5, 0.6) is 5.75 Å². The van der Waals surface area contributed by atoms with Crippen LogP contribution in [0.3, 0.4) is 0 Å². The first-order valence-corrected chi connectivity index (χ1v) is 11.3. The lowest BCUT2D eigenvalue weighted by Crippen LogP contribution is -2.34. The lowest BCUT2D eigenvalue weighted by molar-refractivity contribution is -0.118. The SMILES string of the molecule is Cc1cc2c(cc1S(=O)(=O)NCCCN1CCc3ccccc3C1)OCC(=O)N2. The van der Waals surface area contributed by atoms with Crippen LogP contribution in [0.15, 0.2) is 41.3 Å². The molecule has 0 spiro atoms. The predicted molar refractivity (Wildman–Crippen MR) is 111 cm³/mol. The molecule has 0 saturated heterocycles. The van der Waals surface area contributed by atoms with Crippen molar-refractivity contribution in [2.24, 2.45) is 0 Å². The molecule has 0 saturated carbocycles. The molecule has 0 bridgehead atoms. The molecule has 8 heteroatoms. The van der Waals surface area contributed by atoms with Gasteiger partial charge in [-0.2, -0.15) is 0 Å². The van der Waals surface area contributed by atoms with Gasteiger partial charge in [-0.3, -0.25) is 9.69 Å². The first kappa shape index (κ1) is 19.9. The van der Waals surface area contributed by atoms with Gasteiger partial charge in [-0.25, -0.2) is 13.1 Å². The highest BCUT2D eigenvalue weighted by molar-refractivity contribution is 7.89. The zero-order valence-electron chi connectivity index (χ0n) is 16.4. The third-order valence-electron chi connectivity index (χ3n) is 5.35. The summed E-state index contributed by atoms with van der Waals surface area (Å²) < 4.78 is 33.5. The molecule has 0 unspecified atom stereocenters. The third kappa shape index (κ3) is 4.44. The Bertz CT molecular complexity index is 1040. The van der Waals surface area contributed by atoms with Crippen LogP contribution in [-0.2, 0) is 27.8 Å². The monoisotopic (exact) mass is 415 g/mol. The Hall–Kier alpha value is -2.42. The molecule has 7 nitrogen and oxygen atoms in total. The van der Waals surface area contributed by atoms with Gasteiger partial charge in [0.2, 0.25) is 10.0 Å². The number of fused-ring (bicyclic) bond motifs is 2. The molecule has 2 aliphatic heterocycles.